The summed E-state index contributed by atoms with van der Waals surface area (Å²) in [6.45, 7) is 2.22. The van der Waals surface area contributed by atoms with Gasteiger partial charge in [-0.1, -0.05) is 6.07 Å². The smallest absolute Gasteiger partial charge is 0.113 e. The van der Waals surface area contributed by atoms with Crippen molar-refractivity contribution in [3.63, 3.8) is 0 Å². The second-order valence-electron chi connectivity index (χ2n) is 4.58. The summed E-state index contributed by atoms with van der Waals surface area (Å²) in [5.41, 5.74) is 1.24. The molecule has 2 aromatic rings. The zero-order valence-corrected chi connectivity index (χ0v) is 10.8. The molecule has 0 aromatic carbocycles. The summed E-state index contributed by atoms with van der Waals surface area (Å²) in [6.07, 6.45) is 4.52. The second-order valence-corrected chi connectivity index (χ2v) is 5.53. The third-order valence-corrected chi connectivity index (χ3v) is 4.35. The second kappa shape index (κ2) is 4.63. The lowest BCUT2D eigenvalue weighted by molar-refractivity contribution is 0.439. The topological polar surface area (TPSA) is 29.9 Å². The first-order chi connectivity index (χ1) is 8.36. The first-order valence-corrected chi connectivity index (χ1v) is 7.00. The first kappa shape index (κ1) is 11.0. The van der Waals surface area contributed by atoms with Crippen molar-refractivity contribution in [3.8, 4) is 10.6 Å². The van der Waals surface area contributed by atoms with E-state index in [1.54, 1.807) is 11.3 Å². The molecule has 0 aliphatic carbocycles. The van der Waals surface area contributed by atoms with Gasteiger partial charge in [0.25, 0.3) is 0 Å². The van der Waals surface area contributed by atoms with Gasteiger partial charge >= 0.3 is 0 Å². The lowest BCUT2D eigenvalue weighted by Crippen LogP contribution is -2.29. The SMILES string of the molecule is Cn1c(-c2cccs2)cnc1C1CCCNC1. The largest absolute Gasteiger partial charge is 0.330 e. The number of thiophene rings is 1. The van der Waals surface area contributed by atoms with Crippen molar-refractivity contribution in [2.75, 3.05) is 13.1 Å². The van der Waals surface area contributed by atoms with Gasteiger partial charge in [-0.05, 0) is 30.8 Å². The zero-order chi connectivity index (χ0) is 11.7. The molecule has 0 saturated carbocycles. The highest BCUT2D eigenvalue weighted by Gasteiger charge is 2.20. The zero-order valence-electron chi connectivity index (χ0n) is 10.0. The maximum atomic E-state index is 4.62. The molecular weight excluding hydrogens is 230 g/mol. The molecule has 4 heteroatoms. The molecule has 1 N–H and O–H groups in total. The van der Waals surface area contributed by atoms with Gasteiger partial charge in [0.2, 0.25) is 0 Å². The van der Waals surface area contributed by atoms with E-state index in [1.165, 1.54) is 29.2 Å². The minimum atomic E-state index is 0.572. The molecule has 1 saturated heterocycles. The molecule has 17 heavy (non-hydrogen) atoms. The molecule has 3 heterocycles. The van der Waals surface area contributed by atoms with Crippen LogP contribution in [0.4, 0.5) is 0 Å². The van der Waals surface area contributed by atoms with Gasteiger partial charge in [0.1, 0.15) is 5.82 Å². The van der Waals surface area contributed by atoms with E-state index in [0.29, 0.717) is 5.92 Å². The molecule has 90 valence electrons. The van der Waals surface area contributed by atoms with E-state index in [2.05, 4.69) is 39.4 Å². The van der Waals surface area contributed by atoms with Crippen molar-refractivity contribution in [1.29, 1.82) is 0 Å². The molecule has 0 spiro atoms. The number of nitrogens with zero attached hydrogens (tertiary/aromatic N) is 2. The summed E-state index contributed by atoms with van der Waals surface area (Å²) >= 11 is 1.77. The monoisotopic (exact) mass is 247 g/mol. The van der Waals surface area contributed by atoms with Crippen LogP contribution in [0.2, 0.25) is 0 Å². The summed E-state index contributed by atoms with van der Waals surface area (Å²) in [4.78, 5) is 5.93. The maximum Gasteiger partial charge on any atom is 0.113 e. The minimum Gasteiger partial charge on any atom is -0.330 e. The molecule has 1 fully saturated rings. The van der Waals surface area contributed by atoms with Crippen LogP contribution < -0.4 is 5.32 Å². The van der Waals surface area contributed by atoms with Crippen molar-refractivity contribution in [2.45, 2.75) is 18.8 Å². The Bertz CT molecular complexity index is 481. The van der Waals surface area contributed by atoms with Crippen molar-refractivity contribution in [2.24, 2.45) is 7.05 Å². The lowest BCUT2D eigenvalue weighted by atomic mass is 9.99. The molecule has 2 aromatic heterocycles. The van der Waals surface area contributed by atoms with Crippen LogP contribution in [0.25, 0.3) is 10.6 Å². The standard InChI is InChI=1S/C13H17N3S/c1-16-11(12-5-3-7-17-12)9-15-13(16)10-4-2-6-14-8-10/h3,5,7,9-10,14H,2,4,6,8H2,1H3. The molecule has 0 radical (unpaired) electrons. The number of piperidine rings is 1. The number of nitrogens with one attached hydrogen (secondary N) is 1. The van der Waals surface area contributed by atoms with E-state index in [9.17, 15) is 0 Å². The summed E-state index contributed by atoms with van der Waals surface area (Å²) in [5.74, 6) is 1.79. The van der Waals surface area contributed by atoms with E-state index in [1.807, 2.05) is 6.20 Å². The number of imidazole rings is 1. The van der Waals surface area contributed by atoms with Crippen LogP contribution in [0, 0.1) is 0 Å². The molecule has 0 amide bonds. The van der Waals surface area contributed by atoms with Crippen LogP contribution in [-0.2, 0) is 7.05 Å². The van der Waals surface area contributed by atoms with Crippen molar-refractivity contribution in [3.05, 3.63) is 29.5 Å². The molecule has 0 bridgehead atoms. The summed E-state index contributed by atoms with van der Waals surface area (Å²) in [5, 5.41) is 5.57. The third kappa shape index (κ3) is 2.03. The fourth-order valence-electron chi connectivity index (χ4n) is 2.53. The molecule has 1 aliphatic heterocycles. The Balaban J connectivity index is 1.92. The van der Waals surface area contributed by atoms with E-state index in [-0.39, 0.29) is 0 Å². The number of rotatable bonds is 2. The molecule has 3 rings (SSSR count). The molecular formula is C13H17N3S. The van der Waals surface area contributed by atoms with E-state index < -0.39 is 0 Å². The highest BCUT2D eigenvalue weighted by Crippen LogP contribution is 2.29. The van der Waals surface area contributed by atoms with E-state index in [0.717, 1.165) is 13.1 Å². The Labute approximate surface area is 106 Å². The minimum absolute atomic E-state index is 0.572. The molecule has 1 unspecified atom stereocenters. The normalized spacial score (nSPS) is 20.6. The maximum absolute atomic E-state index is 4.62. The fourth-order valence-corrected chi connectivity index (χ4v) is 3.30. The highest BCUT2D eigenvalue weighted by atomic mass is 32.1. The Hall–Kier alpha value is -1.13. The van der Waals surface area contributed by atoms with Crippen LogP contribution in [0.3, 0.4) is 0 Å². The quantitative estimate of drug-likeness (QED) is 0.884. The van der Waals surface area contributed by atoms with Gasteiger partial charge in [0, 0.05) is 19.5 Å². The van der Waals surface area contributed by atoms with Gasteiger partial charge in [-0.3, -0.25) is 0 Å². The van der Waals surface area contributed by atoms with Crippen molar-refractivity contribution < 1.29 is 0 Å². The number of aromatic nitrogens is 2. The Morgan fingerprint density at radius 2 is 2.47 bits per heavy atom. The average molecular weight is 247 g/mol. The Morgan fingerprint density at radius 3 is 3.18 bits per heavy atom. The Morgan fingerprint density at radius 1 is 1.53 bits per heavy atom. The van der Waals surface area contributed by atoms with E-state index >= 15 is 0 Å². The van der Waals surface area contributed by atoms with Crippen LogP contribution in [0.5, 0.6) is 0 Å². The molecule has 3 nitrogen and oxygen atoms in total. The average Bonchev–Trinajstić information content (AvgIpc) is 2.99. The van der Waals surface area contributed by atoms with Gasteiger partial charge in [0.05, 0.1) is 16.8 Å². The summed E-state index contributed by atoms with van der Waals surface area (Å²) < 4.78 is 2.25. The number of hydrogen-bond donors (Lipinski definition) is 1. The molecule has 1 aliphatic rings. The van der Waals surface area contributed by atoms with Crippen LogP contribution in [0.15, 0.2) is 23.7 Å². The first-order valence-electron chi connectivity index (χ1n) is 6.12. The van der Waals surface area contributed by atoms with Gasteiger partial charge in [-0.25, -0.2) is 4.98 Å². The summed E-state index contributed by atoms with van der Waals surface area (Å²) in [7, 11) is 2.13. The van der Waals surface area contributed by atoms with Crippen LogP contribution in [0.1, 0.15) is 24.6 Å². The van der Waals surface area contributed by atoms with Crippen molar-refractivity contribution in [1.82, 2.24) is 14.9 Å². The fraction of sp³-hybridized carbons (Fsp3) is 0.462. The Kier molecular flexibility index (Phi) is 2.99. The van der Waals surface area contributed by atoms with Crippen molar-refractivity contribution >= 4 is 11.3 Å². The highest BCUT2D eigenvalue weighted by molar-refractivity contribution is 7.13. The van der Waals surface area contributed by atoms with Gasteiger partial charge in [0.15, 0.2) is 0 Å². The van der Waals surface area contributed by atoms with Crippen LogP contribution >= 0.6 is 11.3 Å². The van der Waals surface area contributed by atoms with E-state index in [4.69, 9.17) is 0 Å². The van der Waals surface area contributed by atoms with Crippen LogP contribution in [-0.4, -0.2) is 22.6 Å². The van der Waals surface area contributed by atoms with Gasteiger partial charge < -0.3 is 9.88 Å². The lowest BCUT2D eigenvalue weighted by Gasteiger charge is -2.22. The third-order valence-electron chi connectivity index (χ3n) is 3.46. The van der Waals surface area contributed by atoms with Gasteiger partial charge in [-0.15, -0.1) is 11.3 Å². The summed E-state index contributed by atoms with van der Waals surface area (Å²) in [6, 6.07) is 4.25. The predicted octanol–water partition coefficient (Wildman–Crippen LogP) is 2.62. The van der Waals surface area contributed by atoms with Gasteiger partial charge in [-0.2, -0.15) is 0 Å². The predicted molar refractivity (Wildman–Crippen MR) is 71.4 cm³/mol. The number of hydrogen-bond acceptors (Lipinski definition) is 3. The molecule has 1 atom stereocenters.